The number of nitrogens with one attached hydrogen (secondary N) is 1. The molecule has 38 heavy (non-hydrogen) atoms. The molecule has 0 radical (unpaired) electrons. The lowest BCUT2D eigenvalue weighted by Gasteiger charge is -2.32. The second-order valence-corrected chi connectivity index (χ2v) is 11.8. The summed E-state index contributed by atoms with van der Waals surface area (Å²) in [7, 11) is 0. The average Bonchev–Trinajstić information content (AvgIpc) is 3.40. The number of benzene rings is 1. The third-order valence-electron chi connectivity index (χ3n) is 7.76. The molecule has 6 nitrogen and oxygen atoms in total. The summed E-state index contributed by atoms with van der Waals surface area (Å²) < 4.78 is 12.0. The number of rotatable bonds is 6. The van der Waals surface area contributed by atoms with Crippen LogP contribution in [-0.2, 0) is 19.1 Å². The normalized spacial score (nSPS) is 19.9. The van der Waals surface area contributed by atoms with E-state index in [-0.39, 0.29) is 24.1 Å². The predicted molar refractivity (Wildman–Crippen MR) is 150 cm³/mol. The van der Waals surface area contributed by atoms with Crippen molar-refractivity contribution in [3.05, 3.63) is 62.9 Å². The Morgan fingerprint density at radius 1 is 0.842 bits per heavy atom. The maximum Gasteiger partial charge on any atom is 0.337 e. The van der Waals surface area contributed by atoms with Crippen molar-refractivity contribution in [1.29, 1.82) is 0 Å². The number of carbonyl (C=O) groups is 2. The zero-order chi connectivity index (χ0) is 26.6. The van der Waals surface area contributed by atoms with Crippen molar-refractivity contribution in [2.45, 2.75) is 96.2 Å². The Morgan fingerprint density at radius 2 is 1.34 bits per heavy atom. The fourth-order valence-electron chi connectivity index (χ4n) is 5.77. The van der Waals surface area contributed by atoms with E-state index >= 15 is 0 Å². The van der Waals surface area contributed by atoms with Crippen molar-refractivity contribution >= 4 is 34.9 Å². The highest BCUT2D eigenvalue weighted by atomic mass is 35.5. The van der Waals surface area contributed by atoms with E-state index in [2.05, 4.69) is 5.32 Å². The van der Waals surface area contributed by atoms with Gasteiger partial charge in [0.25, 0.3) is 0 Å². The minimum Gasteiger partial charge on any atom is -0.459 e. The van der Waals surface area contributed by atoms with Crippen LogP contribution in [0.5, 0.6) is 0 Å². The average molecular weight is 555 g/mol. The maximum atomic E-state index is 13.7. The van der Waals surface area contributed by atoms with Gasteiger partial charge in [0.1, 0.15) is 17.2 Å². The van der Waals surface area contributed by atoms with Crippen LogP contribution >= 0.6 is 22.9 Å². The van der Waals surface area contributed by atoms with Gasteiger partial charge in [-0.25, -0.2) is 14.6 Å². The van der Waals surface area contributed by atoms with Crippen molar-refractivity contribution in [2.24, 2.45) is 0 Å². The highest BCUT2D eigenvalue weighted by Gasteiger charge is 2.40. The van der Waals surface area contributed by atoms with Gasteiger partial charge in [0.15, 0.2) is 0 Å². The number of hydrogen-bond donors (Lipinski definition) is 1. The molecule has 2 saturated carbocycles. The number of aromatic nitrogens is 1. The van der Waals surface area contributed by atoms with Gasteiger partial charge in [-0.05, 0) is 77.3 Å². The first kappa shape index (κ1) is 26.9. The molecular formula is C30H35ClN2O4S. The van der Waals surface area contributed by atoms with E-state index in [4.69, 9.17) is 26.1 Å². The number of ether oxygens (including phenoxy) is 2. The highest BCUT2D eigenvalue weighted by Crippen LogP contribution is 2.42. The van der Waals surface area contributed by atoms with E-state index in [1.165, 1.54) is 24.2 Å². The molecular weight excluding hydrogens is 520 g/mol. The Morgan fingerprint density at radius 3 is 1.84 bits per heavy atom. The summed E-state index contributed by atoms with van der Waals surface area (Å²) in [6, 6.07) is 7.51. The zero-order valence-electron chi connectivity index (χ0n) is 22.1. The van der Waals surface area contributed by atoms with Gasteiger partial charge in [-0.15, -0.1) is 11.3 Å². The van der Waals surface area contributed by atoms with Crippen molar-refractivity contribution in [2.75, 3.05) is 0 Å². The van der Waals surface area contributed by atoms with Gasteiger partial charge >= 0.3 is 11.9 Å². The largest absolute Gasteiger partial charge is 0.459 e. The van der Waals surface area contributed by atoms with Crippen LogP contribution in [0.25, 0.3) is 10.6 Å². The first-order valence-corrected chi connectivity index (χ1v) is 15.0. The van der Waals surface area contributed by atoms with E-state index < -0.39 is 5.92 Å². The van der Waals surface area contributed by atoms with Crippen LogP contribution in [0.3, 0.4) is 0 Å². The highest BCUT2D eigenvalue weighted by molar-refractivity contribution is 7.13. The molecule has 2 heterocycles. The number of nitrogens with zero attached hydrogens (tertiary/aromatic N) is 1. The second-order valence-electron chi connectivity index (χ2n) is 10.6. The van der Waals surface area contributed by atoms with Gasteiger partial charge in [-0.3, -0.25) is 0 Å². The van der Waals surface area contributed by atoms with E-state index in [0.29, 0.717) is 33.3 Å². The lowest BCUT2D eigenvalue weighted by Crippen LogP contribution is -2.35. The quantitative estimate of drug-likeness (QED) is 0.374. The predicted octanol–water partition coefficient (Wildman–Crippen LogP) is 7.45. The van der Waals surface area contributed by atoms with Gasteiger partial charge in [0, 0.05) is 27.4 Å². The Labute approximate surface area is 233 Å². The van der Waals surface area contributed by atoms with E-state index in [0.717, 1.165) is 61.9 Å². The Balaban J connectivity index is 1.50. The molecule has 1 aromatic heterocycles. The fourth-order valence-corrected chi connectivity index (χ4v) is 6.75. The molecule has 3 aliphatic rings. The molecule has 2 aromatic rings. The summed E-state index contributed by atoms with van der Waals surface area (Å²) in [4.78, 5) is 32.3. The van der Waals surface area contributed by atoms with Crippen molar-refractivity contribution in [1.82, 2.24) is 10.3 Å². The molecule has 1 N–H and O–H groups in total. The third kappa shape index (κ3) is 5.99. The lowest BCUT2D eigenvalue weighted by atomic mass is 9.83. The number of carbonyl (C=O) groups excluding carboxylic acids is 2. The Kier molecular flexibility index (Phi) is 8.54. The molecule has 1 aromatic carbocycles. The van der Waals surface area contributed by atoms with Crippen LogP contribution in [0.1, 0.15) is 89.7 Å². The van der Waals surface area contributed by atoms with Gasteiger partial charge in [0.2, 0.25) is 0 Å². The number of halogens is 1. The van der Waals surface area contributed by atoms with Crippen LogP contribution in [0.15, 0.2) is 52.2 Å². The van der Waals surface area contributed by atoms with E-state index in [1.807, 2.05) is 43.5 Å². The number of dihydropyridines is 1. The molecule has 0 amide bonds. The SMILES string of the molecule is CC1=C(C(=O)OC2CCCCC2)C(c2csc(-c3ccc(Cl)cc3)n2)C(C(=O)OC2CCCCC2)=C(C)N1. The molecule has 1 aliphatic heterocycles. The summed E-state index contributed by atoms with van der Waals surface area (Å²) in [5.74, 6) is -1.44. The van der Waals surface area contributed by atoms with Crippen molar-refractivity contribution < 1.29 is 19.1 Å². The summed E-state index contributed by atoms with van der Waals surface area (Å²) in [6.45, 7) is 3.73. The van der Waals surface area contributed by atoms with Crippen LogP contribution in [0.2, 0.25) is 5.02 Å². The van der Waals surface area contributed by atoms with Crippen molar-refractivity contribution in [3.8, 4) is 10.6 Å². The standard InChI is InChI=1S/C30H35ClN2O4S/c1-18-25(29(34)36-22-9-5-3-6-10-22)27(24-17-38-28(33-24)20-13-15-21(31)16-14-20)26(19(2)32-18)30(35)37-23-11-7-4-8-12-23/h13-17,22-23,27,32H,3-12H2,1-2H3. The fraction of sp³-hybridized carbons (Fsp3) is 0.500. The number of esters is 2. The summed E-state index contributed by atoms with van der Waals surface area (Å²) in [5.41, 5.74) is 3.81. The third-order valence-corrected chi connectivity index (χ3v) is 8.92. The molecule has 0 spiro atoms. The molecule has 5 rings (SSSR count). The van der Waals surface area contributed by atoms with Gasteiger partial charge in [0.05, 0.1) is 22.8 Å². The van der Waals surface area contributed by atoms with Gasteiger partial charge in [-0.2, -0.15) is 0 Å². The number of hydrogen-bond acceptors (Lipinski definition) is 7. The first-order valence-electron chi connectivity index (χ1n) is 13.7. The van der Waals surface area contributed by atoms with Crippen LogP contribution in [0.4, 0.5) is 0 Å². The van der Waals surface area contributed by atoms with Gasteiger partial charge < -0.3 is 14.8 Å². The number of allylic oxidation sites excluding steroid dienone is 2. The Hall–Kier alpha value is -2.64. The van der Waals surface area contributed by atoms with E-state index in [1.54, 1.807) is 0 Å². The number of thiazole rings is 1. The smallest absolute Gasteiger partial charge is 0.337 e. The maximum absolute atomic E-state index is 13.7. The molecule has 0 unspecified atom stereocenters. The second kappa shape index (κ2) is 12.0. The molecule has 8 heteroatoms. The van der Waals surface area contributed by atoms with Gasteiger partial charge in [-0.1, -0.05) is 36.6 Å². The molecule has 0 atom stereocenters. The molecule has 2 fully saturated rings. The molecule has 2 aliphatic carbocycles. The summed E-state index contributed by atoms with van der Waals surface area (Å²) in [5, 5.41) is 6.66. The zero-order valence-corrected chi connectivity index (χ0v) is 23.6. The molecule has 0 saturated heterocycles. The minimum absolute atomic E-state index is 0.0955. The van der Waals surface area contributed by atoms with Crippen LogP contribution < -0.4 is 5.32 Å². The molecule has 202 valence electrons. The monoisotopic (exact) mass is 554 g/mol. The van der Waals surface area contributed by atoms with E-state index in [9.17, 15) is 9.59 Å². The minimum atomic E-state index is -0.666. The lowest BCUT2D eigenvalue weighted by molar-refractivity contribution is -0.146. The van der Waals surface area contributed by atoms with Crippen LogP contribution in [-0.4, -0.2) is 29.1 Å². The Bertz CT molecular complexity index is 1180. The van der Waals surface area contributed by atoms with Crippen molar-refractivity contribution in [3.63, 3.8) is 0 Å². The summed E-state index contributed by atoms with van der Waals surface area (Å²) >= 11 is 7.57. The molecule has 0 bridgehead atoms. The summed E-state index contributed by atoms with van der Waals surface area (Å²) in [6.07, 6.45) is 9.90. The first-order chi connectivity index (χ1) is 18.4. The van der Waals surface area contributed by atoms with Crippen LogP contribution in [0, 0.1) is 0 Å². The topological polar surface area (TPSA) is 77.5 Å².